The second-order valence-corrected chi connectivity index (χ2v) is 6.65. The van der Waals surface area contributed by atoms with Crippen molar-refractivity contribution in [1.29, 1.82) is 0 Å². The van der Waals surface area contributed by atoms with E-state index >= 15 is 0 Å². The highest BCUT2D eigenvalue weighted by Crippen LogP contribution is 2.37. The van der Waals surface area contributed by atoms with Crippen LogP contribution in [0.2, 0.25) is 0 Å². The minimum absolute atomic E-state index is 0.105. The summed E-state index contributed by atoms with van der Waals surface area (Å²) in [4.78, 5) is 1.18. The van der Waals surface area contributed by atoms with Gasteiger partial charge >= 0.3 is 0 Å². The lowest BCUT2D eigenvalue weighted by Gasteiger charge is -2.23. The third kappa shape index (κ3) is 3.27. The molecule has 2 rings (SSSR count). The summed E-state index contributed by atoms with van der Waals surface area (Å²) >= 11 is 1.90. The molecule has 1 aliphatic rings. The second-order valence-electron chi connectivity index (χ2n) is 5.31. The van der Waals surface area contributed by atoms with Crippen LogP contribution < -0.4 is 5.73 Å². The van der Waals surface area contributed by atoms with E-state index in [1.807, 2.05) is 31.7 Å². The van der Waals surface area contributed by atoms with Gasteiger partial charge in [0.05, 0.1) is 0 Å². The molecule has 1 nitrogen and oxygen atoms in total. The molecule has 0 bridgehead atoms. The number of hydrogen-bond donors (Lipinski definition) is 1. The van der Waals surface area contributed by atoms with Gasteiger partial charge in [-0.2, -0.15) is 0 Å². The fraction of sp³-hybridized carbons (Fsp3) is 0.600. The molecule has 0 spiro atoms. The maximum atomic E-state index is 13.6. The van der Waals surface area contributed by atoms with E-state index in [0.717, 1.165) is 11.1 Å². The van der Waals surface area contributed by atoms with Crippen molar-refractivity contribution in [2.45, 2.75) is 62.1 Å². The van der Waals surface area contributed by atoms with Crippen molar-refractivity contribution in [3.05, 3.63) is 29.1 Å². The van der Waals surface area contributed by atoms with E-state index in [9.17, 15) is 4.39 Å². The molecule has 0 radical (unpaired) electrons. The standard InChI is InChI=1S/C15H22FNS/c1-10-8-15(13(11(2)17)9-14(10)16)18-12-6-4-3-5-7-12/h8-9,11-12H,3-7,17H2,1-2H3. The molecule has 1 fully saturated rings. The Morgan fingerprint density at radius 3 is 2.56 bits per heavy atom. The normalized spacial score (nSPS) is 18.9. The number of nitrogens with two attached hydrogens (primary N) is 1. The number of halogens is 1. The zero-order chi connectivity index (χ0) is 13.1. The molecule has 1 saturated carbocycles. The molecule has 2 N–H and O–H groups in total. The molecule has 1 aromatic rings. The van der Waals surface area contributed by atoms with E-state index in [-0.39, 0.29) is 11.9 Å². The fourth-order valence-electron chi connectivity index (χ4n) is 2.49. The van der Waals surface area contributed by atoms with Gasteiger partial charge in [-0.15, -0.1) is 11.8 Å². The van der Waals surface area contributed by atoms with Gasteiger partial charge in [0.2, 0.25) is 0 Å². The van der Waals surface area contributed by atoms with Crippen molar-refractivity contribution in [1.82, 2.24) is 0 Å². The van der Waals surface area contributed by atoms with Gasteiger partial charge in [-0.3, -0.25) is 0 Å². The molecular formula is C15H22FNS. The van der Waals surface area contributed by atoms with Gasteiger partial charge in [-0.1, -0.05) is 19.3 Å². The van der Waals surface area contributed by atoms with E-state index < -0.39 is 0 Å². The summed E-state index contributed by atoms with van der Waals surface area (Å²) in [6, 6.07) is 3.48. The highest BCUT2D eigenvalue weighted by atomic mass is 32.2. The first-order valence-corrected chi connectivity index (χ1v) is 7.68. The van der Waals surface area contributed by atoms with Gasteiger partial charge in [-0.05, 0) is 49.9 Å². The molecule has 1 aliphatic carbocycles. The molecule has 1 unspecified atom stereocenters. The third-order valence-corrected chi connectivity index (χ3v) is 5.04. The molecule has 18 heavy (non-hydrogen) atoms. The lowest BCUT2D eigenvalue weighted by Crippen LogP contribution is -2.11. The van der Waals surface area contributed by atoms with Crippen LogP contribution in [0.5, 0.6) is 0 Å². The van der Waals surface area contributed by atoms with Gasteiger partial charge < -0.3 is 5.73 Å². The van der Waals surface area contributed by atoms with E-state index in [2.05, 4.69) is 0 Å². The smallest absolute Gasteiger partial charge is 0.126 e. The minimum atomic E-state index is -0.143. The van der Waals surface area contributed by atoms with Gasteiger partial charge in [-0.25, -0.2) is 4.39 Å². The number of hydrogen-bond acceptors (Lipinski definition) is 2. The Bertz CT molecular complexity index is 411. The first kappa shape index (κ1) is 13.9. The van der Waals surface area contributed by atoms with Crippen molar-refractivity contribution < 1.29 is 4.39 Å². The van der Waals surface area contributed by atoms with Crippen molar-refractivity contribution in [2.24, 2.45) is 5.73 Å². The molecule has 0 aromatic heterocycles. The minimum Gasteiger partial charge on any atom is -0.324 e. The lowest BCUT2D eigenvalue weighted by atomic mass is 10.0. The first-order valence-electron chi connectivity index (χ1n) is 6.80. The highest BCUT2D eigenvalue weighted by Gasteiger charge is 2.18. The number of benzene rings is 1. The molecule has 0 aliphatic heterocycles. The van der Waals surface area contributed by atoms with Crippen LogP contribution in [0.25, 0.3) is 0 Å². The van der Waals surface area contributed by atoms with Crippen molar-refractivity contribution in [3.8, 4) is 0 Å². The van der Waals surface area contributed by atoms with Crippen molar-refractivity contribution in [3.63, 3.8) is 0 Å². The van der Waals surface area contributed by atoms with Crippen molar-refractivity contribution >= 4 is 11.8 Å². The number of rotatable bonds is 3. The maximum absolute atomic E-state index is 13.6. The van der Waals surface area contributed by atoms with Gasteiger partial charge in [0.25, 0.3) is 0 Å². The van der Waals surface area contributed by atoms with Crippen LogP contribution in [0.4, 0.5) is 4.39 Å². The Morgan fingerprint density at radius 2 is 1.94 bits per heavy atom. The summed E-state index contributed by atoms with van der Waals surface area (Å²) in [5.41, 5.74) is 7.63. The first-order chi connectivity index (χ1) is 8.58. The van der Waals surface area contributed by atoms with Crippen molar-refractivity contribution in [2.75, 3.05) is 0 Å². The Balaban J connectivity index is 2.21. The van der Waals surface area contributed by atoms with Gasteiger partial charge in [0, 0.05) is 16.2 Å². The number of aryl methyl sites for hydroxylation is 1. The summed E-state index contributed by atoms with van der Waals surface area (Å²) in [6.45, 7) is 3.75. The average molecular weight is 267 g/mol. The lowest BCUT2D eigenvalue weighted by molar-refractivity contribution is 0.516. The van der Waals surface area contributed by atoms with Gasteiger partial charge in [0.1, 0.15) is 5.82 Å². The van der Waals surface area contributed by atoms with E-state index in [4.69, 9.17) is 5.73 Å². The summed E-state index contributed by atoms with van der Waals surface area (Å²) < 4.78 is 13.6. The van der Waals surface area contributed by atoms with E-state index in [1.54, 1.807) is 6.07 Å². The average Bonchev–Trinajstić information content (AvgIpc) is 2.34. The summed E-state index contributed by atoms with van der Waals surface area (Å²) in [7, 11) is 0. The zero-order valence-corrected chi connectivity index (χ0v) is 12.0. The van der Waals surface area contributed by atoms with Crippen LogP contribution in [0, 0.1) is 12.7 Å². The van der Waals surface area contributed by atoms with Crippen LogP contribution >= 0.6 is 11.8 Å². The predicted molar refractivity (Wildman–Crippen MR) is 76.5 cm³/mol. The largest absolute Gasteiger partial charge is 0.324 e. The molecule has 0 heterocycles. The molecule has 1 atom stereocenters. The van der Waals surface area contributed by atoms with E-state index in [0.29, 0.717) is 5.25 Å². The van der Waals surface area contributed by atoms with Crippen LogP contribution in [0.1, 0.15) is 56.2 Å². The SMILES string of the molecule is Cc1cc(SC2CCCCC2)c(C(C)N)cc1F. The Labute approximate surface area is 113 Å². The Kier molecular flexibility index (Phi) is 4.68. The highest BCUT2D eigenvalue weighted by molar-refractivity contribution is 8.00. The Hall–Kier alpha value is -0.540. The maximum Gasteiger partial charge on any atom is 0.126 e. The van der Waals surface area contributed by atoms with E-state index in [1.165, 1.54) is 37.0 Å². The van der Waals surface area contributed by atoms with Crippen LogP contribution in [0.15, 0.2) is 17.0 Å². The number of thioether (sulfide) groups is 1. The van der Waals surface area contributed by atoms with Crippen LogP contribution in [-0.4, -0.2) is 5.25 Å². The molecule has 100 valence electrons. The summed E-state index contributed by atoms with van der Waals surface area (Å²) in [5.74, 6) is -0.143. The topological polar surface area (TPSA) is 26.0 Å². The monoisotopic (exact) mass is 267 g/mol. The predicted octanol–water partition coefficient (Wildman–Crippen LogP) is 4.58. The van der Waals surface area contributed by atoms with Crippen LogP contribution in [0.3, 0.4) is 0 Å². The summed E-state index contributed by atoms with van der Waals surface area (Å²) in [6.07, 6.45) is 6.56. The zero-order valence-electron chi connectivity index (χ0n) is 11.2. The van der Waals surface area contributed by atoms with Crippen LogP contribution in [-0.2, 0) is 0 Å². The molecule has 0 amide bonds. The Morgan fingerprint density at radius 1 is 1.28 bits per heavy atom. The fourth-order valence-corrected chi connectivity index (χ4v) is 4.04. The molecular weight excluding hydrogens is 245 g/mol. The molecule has 1 aromatic carbocycles. The quantitative estimate of drug-likeness (QED) is 0.867. The van der Waals surface area contributed by atoms with Gasteiger partial charge in [0.15, 0.2) is 0 Å². The third-order valence-electron chi connectivity index (χ3n) is 3.63. The molecule has 3 heteroatoms. The second kappa shape index (κ2) is 6.07. The summed E-state index contributed by atoms with van der Waals surface area (Å²) in [5, 5.41) is 0.682. The molecule has 0 saturated heterocycles.